The van der Waals surface area contributed by atoms with E-state index in [1.54, 1.807) is 12.1 Å². The molecule has 0 atom stereocenters. The van der Waals surface area contributed by atoms with Gasteiger partial charge < -0.3 is 9.84 Å². The molecule has 0 saturated carbocycles. The summed E-state index contributed by atoms with van der Waals surface area (Å²) in [4.78, 5) is -0.438. The number of hydrogen-bond acceptors (Lipinski definition) is 5. The number of sulfonamides is 1. The molecule has 1 aromatic carbocycles. The zero-order valence-corrected chi connectivity index (χ0v) is 13.5. The highest BCUT2D eigenvalue weighted by molar-refractivity contribution is 7.89. The van der Waals surface area contributed by atoms with Crippen molar-refractivity contribution in [1.82, 2.24) is 4.72 Å². The molecule has 0 aliphatic heterocycles. The molecule has 0 spiro atoms. The van der Waals surface area contributed by atoms with E-state index in [9.17, 15) is 26.7 Å². The fourth-order valence-electron chi connectivity index (χ4n) is 1.66. The van der Waals surface area contributed by atoms with Crippen molar-refractivity contribution in [2.75, 3.05) is 0 Å². The molecular weight excluding hydrogens is 379 g/mol. The Morgan fingerprint density at radius 2 is 1.96 bits per heavy atom. The highest BCUT2D eigenvalue weighted by Gasteiger charge is 2.35. The number of ether oxygens (including phenoxy) is 1. The predicted molar refractivity (Wildman–Crippen MR) is 78.1 cm³/mol. The van der Waals surface area contributed by atoms with Crippen molar-refractivity contribution < 1.29 is 31.4 Å². The second-order valence-corrected chi connectivity index (χ2v) is 7.69. The Morgan fingerprint density at radius 3 is 2.52 bits per heavy atom. The van der Waals surface area contributed by atoms with Crippen LogP contribution >= 0.6 is 22.9 Å². The predicted octanol–water partition coefficient (Wildman–Crippen LogP) is 3.48. The normalized spacial score (nSPS) is 12.3. The van der Waals surface area contributed by atoms with Crippen molar-refractivity contribution in [2.45, 2.75) is 17.8 Å². The first-order valence-corrected chi connectivity index (χ1v) is 8.58. The number of alkyl halides is 3. The van der Waals surface area contributed by atoms with Gasteiger partial charge >= 0.3 is 6.36 Å². The first kappa shape index (κ1) is 17.9. The van der Waals surface area contributed by atoms with Crippen LogP contribution in [0.15, 0.2) is 35.2 Å². The van der Waals surface area contributed by atoms with Crippen LogP contribution in [0, 0.1) is 0 Å². The highest BCUT2D eigenvalue weighted by Crippen LogP contribution is 2.35. The molecule has 0 bridgehead atoms. The SMILES string of the molecule is O=S(=O)(NCc1ccc(Cl)s1)c1c(O)cccc1OC(F)(F)F. The maximum Gasteiger partial charge on any atom is 0.573 e. The average molecular weight is 388 g/mol. The van der Waals surface area contributed by atoms with Gasteiger partial charge in [0.05, 0.1) is 4.34 Å². The van der Waals surface area contributed by atoms with Gasteiger partial charge in [0.2, 0.25) is 10.0 Å². The van der Waals surface area contributed by atoms with Crippen molar-refractivity contribution in [1.29, 1.82) is 0 Å². The number of rotatable bonds is 5. The van der Waals surface area contributed by atoms with Crippen molar-refractivity contribution in [3.8, 4) is 11.5 Å². The van der Waals surface area contributed by atoms with Gasteiger partial charge in [-0.25, -0.2) is 13.1 Å². The summed E-state index contributed by atoms with van der Waals surface area (Å²) in [5.74, 6) is -1.88. The van der Waals surface area contributed by atoms with E-state index in [2.05, 4.69) is 9.46 Å². The summed E-state index contributed by atoms with van der Waals surface area (Å²) >= 11 is 6.81. The first-order valence-electron chi connectivity index (χ1n) is 5.90. The Bertz CT molecular complexity index is 805. The topological polar surface area (TPSA) is 75.6 Å². The van der Waals surface area contributed by atoms with Gasteiger partial charge in [0.25, 0.3) is 0 Å². The summed E-state index contributed by atoms with van der Waals surface area (Å²) in [6.45, 7) is -0.195. The molecule has 2 N–H and O–H groups in total. The number of phenols is 1. The van der Waals surface area contributed by atoms with Gasteiger partial charge in [-0.05, 0) is 24.3 Å². The minimum absolute atomic E-state index is 0.195. The van der Waals surface area contributed by atoms with E-state index in [0.717, 1.165) is 29.5 Å². The summed E-state index contributed by atoms with van der Waals surface area (Å²) in [5.41, 5.74) is 0. The van der Waals surface area contributed by atoms with Gasteiger partial charge in [0.1, 0.15) is 5.75 Å². The zero-order valence-electron chi connectivity index (χ0n) is 11.1. The van der Waals surface area contributed by atoms with E-state index in [4.69, 9.17) is 11.6 Å². The second kappa shape index (κ2) is 6.56. The summed E-state index contributed by atoms with van der Waals surface area (Å²) in [6.07, 6.45) is -5.10. The van der Waals surface area contributed by atoms with Crippen LogP contribution in [-0.2, 0) is 16.6 Å². The van der Waals surface area contributed by atoms with Gasteiger partial charge in [-0.3, -0.25) is 0 Å². The minimum atomic E-state index is -5.10. The van der Waals surface area contributed by atoms with Crippen LogP contribution in [0.3, 0.4) is 0 Å². The van der Waals surface area contributed by atoms with Crippen molar-refractivity contribution >= 4 is 33.0 Å². The van der Waals surface area contributed by atoms with Gasteiger partial charge in [-0.1, -0.05) is 17.7 Å². The molecule has 0 unspecified atom stereocenters. The molecule has 1 aromatic heterocycles. The molecule has 11 heteroatoms. The number of hydrogen-bond donors (Lipinski definition) is 2. The van der Waals surface area contributed by atoms with Crippen LogP contribution in [0.1, 0.15) is 4.88 Å². The van der Waals surface area contributed by atoms with Gasteiger partial charge in [0, 0.05) is 11.4 Å². The summed E-state index contributed by atoms with van der Waals surface area (Å²) in [7, 11) is -4.44. The largest absolute Gasteiger partial charge is 0.573 e. The lowest BCUT2D eigenvalue weighted by Crippen LogP contribution is -2.25. The lowest BCUT2D eigenvalue weighted by atomic mass is 10.3. The molecule has 0 amide bonds. The van der Waals surface area contributed by atoms with Crippen molar-refractivity contribution in [3.63, 3.8) is 0 Å². The van der Waals surface area contributed by atoms with Crippen LogP contribution in [0.5, 0.6) is 11.5 Å². The fraction of sp³-hybridized carbons (Fsp3) is 0.167. The number of nitrogens with one attached hydrogen (secondary N) is 1. The fourth-order valence-corrected chi connectivity index (χ4v) is 3.99. The van der Waals surface area contributed by atoms with Gasteiger partial charge in [-0.2, -0.15) is 0 Å². The minimum Gasteiger partial charge on any atom is -0.506 e. The first-order chi connectivity index (χ1) is 10.6. The van der Waals surface area contributed by atoms with E-state index in [0.29, 0.717) is 9.21 Å². The van der Waals surface area contributed by atoms with E-state index in [1.165, 1.54) is 0 Å². The number of thiophene rings is 1. The Hall–Kier alpha value is -1.49. The molecule has 1 heterocycles. The maximum atomic E-state index is 12.4. The lowest BCUT2D eigenvalue weighted by Gasteiger charge is -2.14. The van der Waals surface area contributed by atoms with Crippen LogP contribution < -0.4 is 9.46 Å². The van der Waals surface area contributed by atoms with Crippen molar-refractivity contribution in [2.24, 2.45) is 0 Å². The van der Waals surface area contributed by atoms with Crippen molar-refractivity contribution in [3.05, 3.63) is 39.5 Å². The number of aromatic hydroxyl groups is 1. The molecular formula is C12H9ClF3NO4S2. The number of halogens is 4. The van der Waals surface area contributed by atoms with Crippen LogP contribution in [0.2, 0.25) is 4.34 Å². The molecule has 0 aliphatic carbocycles. The van der Waals surface area contributed by atoms with E-state index in [1.807, 2.05) is 0 Å². The summed E-state index contributed by atoms with van der Waals surface area (Å²) in [6, 6.07) is 5.89. The smallest absolute Gasteiger partial charge is 0.506 e. The quantitative estimate of drug-likeness (QED) is 0.823. The number of benzene rings is 1. The lowest BCUT2D eigenvalue weighted by molar-refractivity contribution is -0.275. The molecule has 2 rings (SSSR count). The van der Waals surface area contributed by atoms with Crippen LogP contribution in [-0.4, -0.2) is 19.9 Å². The third-order valence-electron chi connectivity index (χ3n) is 2.52. The molecule has 0 saturated heterocycles. The second-order valence-electron chi connectivity index (χ2n) is 4.18. The van der Waals surface area contributed by atoms with Gasteiger partial charge in [0.15, 0.2) is 10.6 Å². The Labute approximate surface area is 138 Å². The summed E-state index contributed by atoms with van der Waals surface area (Å²) < 4.78 is 67.7. The molecule has 2 aromatic rings. The molecule has 0 radical (unpaired) electrons. The Balaban J connectivity index is 2.31. The van der Waals surface area contributed by atoms with E-state index < -0.39 is 32.8 Å². The third-order valence-corrected chi connectivity index (χ3v) is 5.22. The maximum absolute atomic E-state index is 12.4. The molecule has 0 fully saturated rings. The zero-order chi connectivity index (χ0) is 17.3. The van der Waals surface area contributed by atoms with E-state index in [-0.39, 0.29) is 6.54 Å². The standard InChI is InChI=1S/C12H9ClF3NO4S2/c13-10-5-4-7(22-10)6-17-23(19,20)11-8(18)2-1-3-9(11)21-12(14,15)16/h1-5,17-18H,6H2. The van der Waals surface area contributed by atoms with Crippen LogP contribution in [0.25, 0.3) is 0 Å². The highest BCUT2D eigenvalue weighted by atomic mass is 35.5. The molecule has 126 valence electrons. The third kappa shape index (κ3) is 4.74. The molecule has 23 heavy (non-hydrogen) atoms. The Kier molecular flexibility index (Phi) is 5.09. The molecule has 0 aliphatic rings. The monoisotopic (exact) mass is 387 g/mol. The van der Waals surface area contributed by atoms with E-state index >= 15 is 0 Å². The average Bonchev–Trinajstić information content (AvgIpc) is 2.80. The molecule has 5 nitrogen and oxygen atoms in total. The van der Waals surface area contributed by atoms with Crippen LogP contribution in [0.4, 0.5) is 13.2 Å². The Morgan fingerprint density at radius 1 is 1.26 bits per heavy atom. The number of phenolic OH excluding ortho intramolecular Hbond substituents is 1. The van der Waals surface area contributed by atoms with Gasteiger partial charge in [-0.15, -0.1) is 24.5 Å². The summed E-state index contributed by atoms with van der Waals surface area (Å²) in [5, 5.41) is 9.64.